The first-order valence-corrected chi connectivity index (χ1v) is 5.02. The molecule has 0 radical (unpaired) electrons. The van der Waals surface area contributed by atoms with Crippen LogP contribution < -0.4 is 0 Å². The molecule has 0 aromatic rings. The fourth-order valence-corrected chi connectivity index (χ4v) is 1.98. The maximum Gasteiger partial charge on any atom is 0.308 e. The molecule has 1 N–H and O–H groups in total. The first kappa shape index (κ1) is 12.0. The quantitative estimate of drug-likeness (QED) is 0.681. The second-order valence-corrected chi connectivity index (χ2v) is 4.04. The van der Waals surface area contributed by atoms with E-state index in [4.69, 9.17) is 5.11 Å². The number of likely N-dealkylation sites (tertiary alicyclic amines) is 1. The van der Waals surface area contributed by atoms with E-state index in [9.17, 15) is 9.59 Å². The van der Waals surface area contributed by atoms with Gasteiger partial charge in [0.05, 0.1) is 13.0 Å². The molecule has 15 heavy (non-hydrogen) atoms. The van der Waals surface area contributed by atoms with Crippen LogP contribution in [-0.4, -0.2) is 49.2 Å². The molecule has 0 saturated carbocycles. The van der Waals surface area contributed by atoms with Gasteiger partial charge in [-0.05, 0) is 25.9 Å². The number of hydrogen-bond acceptors (Lipinski definition) is 4. The molecule has 0 spiro atoms. The summed E-state index contributed by atoms with van der Waals surface area (Å²) in [5.41, 5.74) is 0. The van der Waals surface area contributed by atoms with Crippen molar-refractivity contribution in [2.75, 3.05) is 27.2 Å². The number of hydrogen-bond donors (Lipinski definition) is 1. The number of piperidine rings is 1. The Hall–Kier alpha value is -1.10. The molecule has 1 fully saturated rings. The molecule has 1 rings (SSSR count). The predicted molar refractivity (Wildman–Crippen MR) is 53.4 cm³/mol. The largest absolute Gasteiger partial charge is 0.481 e. The highest BCUT2D eigenvalue weighted by Gasteiger charge is 2.34. The first-order valence-electron chi connectivity index (χ1n) is 5.02. The van der Waals surface area contributed by atoms with Gasteiger partial charge in [0.15, 0.2) is 0 Å². The van der Waals surface area contributed by atoms with Crippen LogP contribution in [0.5, 0.6) is 0 Å². The Labute approximate surface area is 89.0 Å². The molecule has 1 saturated heterocycles. The molecule has 86 valence electrons. The Morgan fingerprint density at radius 1 is 1.53 bits per heavy atom. The van der Waals surface area contributed by atoms with Crippen molar-refractivity contribution in [1.82, 2.24) is 4.90 Å². The lowest BCUT2D eigenvalue weighted by molar-refractivity contribution is -0.149. The average molecular weight is 215 g/mol. The van der Waals surface area contributed by atoms with Crippen LogP contribution in [0.1, 0.15) is 12.8 Å². The maximum absolute atomic E-state index is 11.1. The van der Waals surface area contributed by atoms with E-state index in [1.807, 2.05) is 11.9 Å². The van der Waals surface area contributed by atoms with E-state index in [-0.39, 0.29) is 18.3 Å². The molecule has 1 aliphatic heterocycles. The highest BCUT2D eigenvalue weighted by atomic mass is 16.5. The van der Waals surface area contributed by atoms with E-state index >= 15 is 0 Å². The highest BCUT2D eigenvalue weighted by molar-refractivity contribution is 5.74. The minimum absolute atomic E-state index is 0.0915. The molecule has 1 aliphatic rings. The van der Waals surface area contributed by atoms with E-state index in [1.165, 1.54) is 7.11 Å². The molecule has 1 heterocycles. The van der Waals surface area contributed by atoms with Crippen LogP contribution >= 0.6 is 0 Å². The number of carboxylic acids is 1. The van der Waals surface area contributed by atoms with Gasteiger partial charge >= 0.3 is 11.9 Å². The fraction of sp³-hybridized carbons (Fsp3) is 0.800. The van der Waals surface area contributed by atoms with E-state index in [2.05, 4.69) is 4.74 Å². The van der Waals surface area contributed by atoms with Crippen molar-refractivity contribution in [2.24, 2.45) is 11.8 Å². The monoisotopic (exact) mass is 215 g/mol. The standard InChI is InChI=1S/C10H17NO4/c1-11-4-3-7(5-9(12)15-2)8(6-11)10(13)14/h7-8H,3-6H2,1-2H3,(H,13,14)/t7-,8+/m0/s1. The van der Waals surface area contributed by atoms with Crippen LogP contribution in [0.2, 0.25) is 0 Å². The summed E-state index contributed by atoms with van der Waals surface area (Å²) in [6.07, 6.45) is 0.948. The molecule has 0 aromatic carbocycles. The second-order valence-electron chi connectivity index (χ2n) is 4.04. The van der Waals surface area contributed by atoms with E-state index in [0.29, 0.717) is 6.54 Å². The zero-order valence-electron chi connectivity index (χ0n) is 9.10. The number of methoxy groups -OCH3 is 1. The van der Waals surface area contributed by atoms with Gasteiger partial charge in [-0.1, -0.05) is 0 Å². The maximum atomic E-state index is 11.1. The SMILES string of the molecule is COC(=O)C[C@@H]1CCN(C)C[C@H]1C(=O)O. The lowest BCUT2D eigenvalue weighted by atomic mass is 9.83. The summed E-state index contributed by atoms with van der Waals surface area (Å²) in [5, 5.41) is 9.03. The predicted octanol–water partition coefficient (Wildman–Crippen LogP) is 0.202. The minimum Gasteiger partial charge on any atom is -0.481 e. The third kappa shape index (κ3) is 3.20. The van der Waals surface area contributed by atoms with E-state index in [0.717, 1.165) is 13.0 Å². The molecular weight excluding hydrogens is 198 g/mol. The van der Waals surface area contributed by atoms with Gasteiger partial charge in [-0.3, -0.25) is 9.59 Å². The summed E-state index contributed by atoms with van der Waals surface area (Å²) in [7, 11) is 3.22. The summed E-state index contributed by atoms with van der Waals surface area (Å²) >= 11 is 0. The van der Waals surface area contributed by atoms with Gasteiger partial charge < -0.3 is 14.7 Å². The number of aliphatic carboxylic acids is 1. The second kappa shape index (κ2) is 5.11. The van der Waals surface area contributed by atoms with Gasteiger partial charge in [-0.15, -0.1) is 0 Å². The Kier molecular flexibility index (Phi) is 4.08. The summed E-state index contributed by atoms with van der Waals surface area (Å²) in [6.45, 7) is 1.35. The third-order valence-electron chi connectivity index (χ3n) is 2.93. The van der Waals surface area contributed by atoms with Crippen LogP contribution in [0.15, 0.2) is 0 Å². The normalized spacial score (nSPS) is 27.3. The van der Waals surface area contributed by atoms with Crippen molar-refractivity contribution in [2.45, 2.75) is 12.8 Å². The number of ether oxygens (including phenoxy) is 1. The van der Waals surface area contributed by atoms with Gasteiger partial charge in [0.2, 0.25) is 0 Å². The summed E-state index contributed by atoms with van der Waals surface area (Å²) in [4.78, 5) is 24.1. The summed E-state index contributed by atoms with van der Waals surface area (Å²) in [6, 6.07) is 0. The lowest BCUT2D eigenvalue weighted by Crippen LogP contribution is -2.42. The molecule has 2 atom stereocenters. The zero-order valence-corrected chi connectivity index (χ0v) is 9.10. The Balaban J connectivity index is 2.60. The van der Waals surface area contributed by atoms with Crippen LogP contribution in [-0.2, 0) is 14.3 Å². The van der Waals surface area contributed by atoms with Gasteiger partial charge in [0.1, 0.15) is 0 Å². The smallest absolute Gasteiger partial charge is 0.308 e. The number of carbonyl (C=O) groups is 2. The van der Waals surface area contributed by atoms with Gasteiger partial charge in [0, 0.05) is 13.0 Å². The molecule has 5 heteroatoms. The van der Waals surface area contributed by atoms with Crippen LogP contribution in [0, 0.1) is 11.8 Å². The average Bonchev–Trinajstić information content (AvgIpc) is 2.20. The van der Waals surface area contributed by atoms with E-state index < -0.39 is 11.9 Å². The van der Waals surface area contributed by atoms with Gasteiger partial charge in [-0.2, -0.15) is 0 Å². The van der Waals surface area contributed by atoms with Crippen molar-refractivity contribution < 1.29 is 19.4 Å². The van der Waals surface area contributed by atoms with Crippen molar-refractivity contribution in [3.8, 4) is 0 Å². The van der Waals surface area contributed by atoms with Crippen molar-refractivity contribution in [3.63, 3.8) is 0 Å². The molecule has 0 bridgehead atoms. The number of nitrogens with zero attached hydrogens (tertiary/aromatic N) is 1. The van der Waals surface area contributed by atoms with Crippen molar-refractivity contribution in [3.05, 3.63) is 0 Å². The molecule has 5 nitrogen and oxygen atoms in total. The molecule has 0 unspecified atom stereocenters. The van der Waals surface area contributed by atoms with Crippen LogP contribution in [0.25, 0.3) is 0 Å². The Morgan fingerprint density at radius 3 is 2.73 bits per heavy atom. The number of carbonyl (C=O) groups excluding carboxylic acids is 1. The van der Waals surface area contributed by atoms with Crippen molar-refractivity contribution in [1.29, 1.82) is 0 Å². The highest BCUT2D eigenvalue weighted by Crippen LogP contribution is 2.26. The van der Waals surface area contributed by atoms with E-state index in [1.54, 1.807) is 0 Å². The first-order chi connectivity index (χ1) is 7.04. The molecule has 0 aliphatic carbocycles. The fourth-order valence-electron chi connectivity index (χ4n) is 1.98. The van der Waals surface area contributed by atoms with Gasteiger partial charge in [0.25, 0.3) is 0 Å². The van der Waals surface area contributed by atoms with Gasteiger partial charge in [-0.25, -0.2) is 0 Å². The van der Waals surface area contributed by atoms with Crippen molar-refractivity contribution >= 4 is 11.9 Å². The number of esters is 1. The summed E-state index contributed by atoms with van der Waals surface area (Å²) in [5.74, 6) is -1.69. The van der Waals surface area contributed by atoms with Crippen LogP contribution in [0.3, 0.4) is 0 Å². The molecular formula is C10H17NO4. The summed E-state index contributed by atoms with van der Waals surface area (Å²) < 4.78 is 4.56. The Bertz CT molecular complexity index is 254. The number of rotatable bonds is 3. The number of carboxylic acid groups (broad SMARTS) is 1. The molecule has 0 aromatic heterocycles. The van der Waals surface area contributed by atoms with Crippen LogP contribution in [0.4, 0.5) is 0 Å². The third-order valence-corrected chi connectivity index (χ3v) is 2.93. The minimum atomic E-state index is -0.824. The zero-order chi connectivity index (χ0) is 11.4. The Morgan fingerprint density at radius 2 is 2.20 bits per heavy atom. The topological polar surface area (TPSA) is 66.8 Å². The lowest BCUT2D eigenvalue weighted by Gasteiger charge is -2.33. The molecule has 0 amide bonds.